The number of aromatic carboxylic acids is 1. The van der Waals surface area contributed by atoms with Crippen molar-refractivity contribution in [1.82, 2.24) is 4.98 Å². The van der Waals surface area contributed by atoms with Crippen molar-refractivity contribution in [3.8, 4) is 11.5 Å². The summed E-state index contributed by atoms with van der Waals surface area (Å²) in [6.07, 6.45) is 1.19. The van der Waals surface area contributed by atoms with Gasteiger partial charge >= 0.3 is 5.97 Å². The number of carboxylic acids is 1. The standard InChI is InChI=1S/C13H9ClFNO3/c1-7-4-12(9(6-16-7)13(17)18)19-8-2-3-10(14)11(15)5-8/h2-6H,1H3,(H,17,18). The van der Waals surface area contributed by atoms with Crippen LogP contribution in [0.4, 0.5) is 4.39 Å². The lowest BCUT2D eigenvalue weighted by Crippen LogP contribution is -2.02. The molecular weight excluding hydrogens is 273 g/mol. The van der Waals surface area contributed by atoms with Crippen LogP contribution in [0.15, 0.2) is 30.5 Å². The lowest BCUT2D eigenvalue weighted by molar-refractivity contribution is 0.0693. The van der Waals surface area contributed by atoms with Gasteiger partial charge in [0.25, 0.3) is 0 Å². The number of hydrogen-bond donors (Lipinski definition) is 1. The van der Waals surface area contributed by atoms with Crippen LogP contribution < -0.4 is 4.74 Å². The molecule has 0 aliphatic heterocycles. The Bertz CT molecular complexity index is 646. The number of pyridine rings is 1. The number of carboxylic acid groups (broad SMARTS) is 1. The number of aromatic nitrogens is 1. The van der Waals surface area contributed by atoms with E-state index in [0.717, 1.165) is 6.07 Å². The molecule has 0 spiro atoms. The van der Waals surface area contributed by atoms with Gasteiger partial charge in [-0.1, -0.05) is 11.6 Å². The fourth-order valence-corrected chi connectivity index (χ4v) is 1.56. The van der Waals surface area contributed by atoms with E-state index in [1.54, 1.807) is 6.92 Å². The summed E-state index contributed by atoms with van der Waals surface area (Å²) in [4.78, 5) is 14.9. The van der Waals surface area contributed by atoms with Crippen molar-refractivity contribution in [2.75, 3.05) is 0 Å². The van der Waals surface area contributed by atoms with Crippen molar-refractivity contribution >= 4 is 17.6 Å². The van der Waals surface area contributed by atoms with E-state index in [9.17, 15) is 9.18 Å². The number of rotatable bonds is 3. The van der Waals surface area contributed by atoms with Crippen molar-refractivity contribution < 1.29 is 19.0 Å². The molecule has 19 heavy (non-hydrogen) atoms. The molecule has 0 radical (unpaired) electrons. The summed E-state index contributed by atoms with van der Waals surface area (Å²) in [5, 5.41) is 8.99. The Morgan fingerprint density at radius 2 is 2.16 bits per heavy atom. The molecule has 98 valence electrons. The quantitative estimate of drug-likeness (QED) is 0.932. The van der Waals surface area contributed by atoms with Crippen LogP contribution in [0.25, 0.3) is 0 Å². The van der Waals surface area contributed by atoms with Crippen LogP contribution in [0.3, 0.4) is 0 Å². The SMILES string of the molecule is Cc1cc(Oc2ccc(Cl)c(F)c2)c(C(=O)O)cn1. The second kappa shape index (κ2) is 5.24. The highest BCUT2D eigenvalue weighted by Crippen LogP contribution is 2.28. The maximum atomic E-state index is 13.3. The molecule has 0 aliphatic carbocycles. The molecule has 6 heteroatoms. The van der Waals surface area contributed by atoms with E-state index in [-0.39, 0.29) is 22.1 Å². The van der Waals surface area contributed by atoms with Gasteiger partial charge in [-0.2, -0.15) is 0 Å². The molecule has 1 aromatic carbocycles. The zero-order valence-corrected chi connectivity index (χ0v) is 10.6. The van der Waals surface area contributed by atoms with Crippen LogP contribution in [0.5, 0.6) is 11.5 Å². The summed E-state index contributed by atoms with van der Waals surface area (Å²) in [5.74, 6) is -1.55. The lowest BCUT2D eigenvalue weighted by Gasteiger charge is -2.09. The molecule has 4 nitrogen and oxygen atoms in total. The number of benzene rings is 1. The van der Waals surface area contributed by atoms with Gasteiger partial charge in [-0.05, 0) is 19.1 Å². The number of carbonyl (C=O) groups is 1. The average molecular weight is 282 g/mol. The van der Waals surface area contributed by atoms with Crippen molar-refractivity contribution in [2.24, 2.45) is 0 Å². The van der Waals surface area contributed by atoms with Gasteiger partial charge < -0.3 is 9.84 Å². The van der Waals surface area contributed by atoms with Crippen LogP contribution in [-0.4, -0.2) is 16.1 Å². The summed E-state index contributed by atoms with van der Waals surface area (Å²) in [6, 6.07) is 5.34. The molecule has 0 saturated carbocycles. The first-order chi connectivity index (χ1) is 8.97. The highest BCUT2D eigenvalue weighted by Gasteiger charge is 2.13. The predicted octanol–water partition coefficient (Wildman–Crippen LogP) is 3.67. The smallest absolute Gasteiger partial charge is 0.341 e. The summed E-state index contributed by atoms with van der Waals surface area (Å²) < 4.78 is 18.6. The highest BCUT2D eigenvalue weighted by atomic mass is 35.5. The minimum Gasteiger partial charge on any atom is -0.477 e. The van der Waals surface area contributed by atoms with Crippen LogP contribution in [0.1, 0.15) is 16.1 Å². The van der Waals surface area contributed by atoms with E-state index in [0.29, 0.717) is 5.69 Å². The highest BCUT2D eigenvalue weighted by molar-refractivity contribution is 6.30. The van der Waals surface area contributed by atoms with Crippen LogP contribution in [0.2, 0.25) is 5.02 Å². The van der Waals surface area contributed by atoms with Gasteiger partial charge in [0.2, 0.25) is 0 Å². The van der Waals surface area contributed by atoms with Gasteiger partial charge in [-0.25, -0.2) is 9.18 Å². The van der Waals surface area contributed by atoms with E-state index in [2.05, 4.69) is 4.98 Å². The zero-order chi connectivity index (χ0) is 14.0. The molecule has 1 aromatic heterocycles. The van der Waals surface area contributed by atoms with Crippen LogP contribution >= 0.6 is 11.6 Å². The third kappa shape index (κ3) is 3.00. The largest absolute Gasteiger partial charge is 0.477 e. The predicted molar refractivity (Wildman–Crippen MR) is 67.4 cm³/mol. The molecule has 1 N–H and O–H groups in total. The van der Waals surface area contributed by atoms with Gasteiger partial charge in [0, 0.05) is 24.0 Å². The fourth-order valence-electron chi connectivity index (χ4n) is 1.45. The molecule has 0 unspecified atom stereocenters. The van der Waals surface area contributed by atoms with Gasteiger partial charge in [-0.15, -0.1) is 0 Å². The normalized spacial score (nSPS) is 10.3. The van der Waals surface area contributed by atoms with Crippen molar-refractivity contribution in [1.29, 1.82) is 0 Å². The second-order valence-corrected chi connectivity index (χ2v) is 4.21. The van der Waals surface area contributed by atoms with Gasteiger partial charge in [0.1, 0.15) is 22.9 Å². The molecule has 0 saturated heterocycles. The number of aryl methyl sites for hydroxylation is 1. The topological polar surface area (TPSA) is 59.4 Å². The summed E-state index contributed by atoms with van der Waals surface area (Å²) in [6.45, 7) is 1.70. The van der Waals surface area contributed by atoms with E-state index >= 15 is 0 Å². The molecule has 0 fully saturated rings. The van der Waals surface area contributed by atoms with Gasteiger partial charge in [0.05, 0.1) is 5.02 Å². The molecule has 2 aromatic rings. The van der Waals surface area contributed by atoms with Crippen LogP contribution in [-0.2, 0) is 0 Å². The maximum absolute atomic E-state index is 13.3. The Hall–Kier alpha value is -2.14. The summed E-state index contributed by atoms with van der Waals surface area (Å²) in [7, 11) is 0. The second-order valence-electron chi connectivity index (χ2n) is 3.80. The third-order valence-corrected chi connectivity index (χ3v) is 2.66. The van der Waals surface area contributed by atoms with Crippen LogP contribution in [0, 0.1) is 12.7 Å². The van der Waals surface area contributed by atoms with Crippen molar-refractivity contribution in [3.63, 3.8) is 0 Å². The van der Waals surface area contributed by atoms with Crippen molar-refractivity contribution in [3.05, 3.63) is 52.6 Å². The molecular formula is C13H9ClFNO3. The number of halogens is 2. The van der Waals surface area contributed by atoms with E-state index in [1.165, 1.54) is 24.4 Å². The number of nitrogens with zero attached hydrogens (tertiary/aromatic N) is 1. The number of hydrogen-bond acceptors (Lipinski definition) is 3. The Kier molecular flexibility index (Phi) is 3.66. The monoisotopic (exact) mass is 281 g/mol. The molecule has 2 rings (SSSR count). The first-order valence-electron chi connectivity index (χ1n) is 5.30. The minimum absolute atomic E-state index is 0.0308. The maximum Gasteiger partial charge on any atom is 0.341 e. The Labute approximate surface area is 113 Å². The molecule has 0 amide bonds. The molecule has 0 aliphatic rings. The van der Waals surface area contributed by atoms with Gasteiger partial charge in [-0.3, -0.25) is 4.98 Å². The average Bonchev–Trinajstić information content (AvgIpc) is 2.33. The molecule has 0 bridgehead atoms. The van der Waals surface area contributed by atoms with E-state index in [1.807, 2.05) is 0 Å². The first-order valence-corrected chi connectivity index (χ1v) is 5.68. The molecule has 0 atom stereocenters. The Morgan fingerprint density at radius 1 is 1.42 bits per heavy atom. The Morgan fingerprint density at radius 3 is 2.79 bits per heavy atom. The van der Waals surface area contributed by atoms with E-state index < -0.39 is 11.8 Å². The van der Waals surface area contributed by atoms with Crippen molar-refractivity contribution in [2.45, 2.75) is 6.92 Å². The molecule has 1 heterocycles. The summed E-state index contributed by atoms with van der Waals surface area (Å²) in [5.41, 5.74) is 0.496. The third-order valence-electron chi connectivity index (χ3n) is 2.35. The zero-order valence-electron chi connectivity index (χ0n) is 9.85. The Balaban J connectivity index is 2.39. The first kappa shape index (κ1) is 13.3. The minimum atomic E-state index is -1.17. The van der Waals surface area contributed by atoms with Gasteiger partial charge in [0.15, 0.2) is 0 Å². The number of ether oxygens (including phenoxy) is 1. The fraction of sp³-hybridized carbons (Fsp3) is 0.0769. The summed E-state index contributed by atoms with van der Waals surface area (Å²) >= 11 is 5.56. The van der Waals surface area contributed by atoms with E-state index in [4.69, 9.17) is 21.4 Å². The lowest BCUT2D eigenvalue weighted by atomic mass is 10.2.